The number of carbonyl (C=O) groups is 4. The molecule has 6 amide bonds. The number of hydrogen-bond acceptors (Lipinski definition) is 11. The summed E-state index contributed by atoms with van der Waals surface area (Å²) < 4.78 is 16.2. The molecule has 0 aliphatic carbocycles. The van der Waals surface area contributed by atoms with E-state index in [2.05, 4.69) is 31.2 Å². The van der Waals surface area contributed by atoms with Crippen LogP contribution < -0.4 is 26.1 Å². The van der Waals surface area contributed by atoms with Crippen molar-refractivity contribution in [3.05, 3.63) is 65.7 Å². The van der Waals surface area contributed by atoms with Crippen LogP contribution in [0.5, 0.6) is 5.75 Å². The molecule has 2 aromatic carbocycles. The second kappa shape index (κ2) is 25.4. The molecule has 4 rings (SSSR count). The molecule has 0 aromatic heterocycles. The lowest BCUT2D eigenvalue weighted by Crippen LogP contribution is -2.57. The van der Waals surface area contributed by atoms with Crippen molar-refractivity contribution in [1.82, 2.24) is 46.0 Å². The zero-order chi connectivity index (χ0) is 44.3. The predicted octanol–water partition coefficient (Wildman–Crippen LogP) is 2.13. The van der Waals surface area contributed by atoms with Crippen LogP contribution in [-0.4, -0.2) is 178 Å². The molecule has 2 heterocycles. The highest BCUT2D eigenvalue weighted by atomic mass is 16.5. The summed E-state index contributed by atoms with van der Waals surface area (Å²) in [6.07, 6.45) is -0.954. The number of benzene rings is 2. The van der Waals surface area contributed by atoms with Crippen LogP contribution in [0.25, 0.3) is 0 Å². The van der Waals surface area contributed by atoms with Gasteiger partial charge in [0.15, 0.2) is 0 Å². The summed E-state index contributed by atoms with van der Waals surface area (Å²) in [6.45, 7) is 16.3. The van der Waals surface area contributed by atoms with E-state index in [1.807, 2.05) is 82.3 Å². The first kappa shape index (κ1) is 49.1. The number of hydrogen-bond donors (Lipinski definition) is 5. The van der Waals surface area contributed by atoms with E-state index in [-0.39, 0.29) is 43.4 Å². The van der Waals surface area contributed by atoms with E-state index in [0.29, 0.717) is 63.9 Å². The number of rotatable bonds is 22. The molecule has 340 valence electrons. The molecule has 2 saturated heterocycles. The molecule has 2 aromatic rings. The number of aliphatic hydroxyl groups excluding tert-OH is 1. The van der Waals surface area contributed by atoms with E-state index in [9.17, 15) is 24.3 Å². The molecule has 61 heavy (non-hydrogen) atoms. The summed E-state index contributed by atoms with van der Waals surface area (Å²) in [6, 6.07) is 13.4. The second-order valence-electron chi connectivity index (χ2n) is 16.6. The van der Waals surface area contributed by atoms with Crippen molar-refractivity contribution in [2.75, 3.05) is 107 Å². The molecule has 17 heteroatoms. The average Bonchev–Trinajstić information content (AvgIpc) is 3.27. The van der Waals surface area contributed by atoms with Crippen LogP contribution in [0.1, 0.15) is 51.3 Å². The van der Waals surface area contributed by atoms with Crippen molar-refractivity contribution >= 4 is 23.9 Å². The van der Waals surface area contributed by atoms with E-state index in [1.54, 1.807) is 36.0 Å². The summed E-state index contributed by atoms with van der Waals surface area (Å²) in [4.78, 5) is 62.3. The number of amides is 6. The molecule has 2 aliphatic heterocycles. The maximum Gasteiger partial charge on any atom is 0.317 e. The van der Waals surface area contributed by atoms with Gasteiger partial charge in [-0.15, -0.1) is 0 Å². The number of methoxy groups -OCH3 is 1. The lowest BCUT2D eigenvalue weighted by Gasteiger charge is -2.32. The topological polar surface area (TPSA) is 181 Å². The number of nitrogens with zero attached hydrogens (tertiary/aromatic N) is 5. The van der Waals surface area contributed by atoms with Gasteiger partial charge in [0.2, 0.25) is 5.91 Å². The van der Waals surface area contributed by atoms with Crippen molar-refractivity contribution < 1.29 is 38.5 Å². The Bertz CT molecular complexity index is 1620. The fourth-order valence-corrected chi connectivity index (χ4v) is 7.10. The molecule has 4 unspecified atom stereocenters. The lowest BCUT2D eigenvalue weighted by molar-refractivity contribution is -0.129. The van der Waals surface area contributed by atoms with Crippen molar-refractivity contribution in [3.8, 4) is 5.75 Å². The SMILES string of the molecule is COc1ccc(CN(CCC(O)C(NC(=O)C(NC(=O)N(C)CCN2CCOCC2)C(C)C)c2ccccc2)NC(=O)C(NC(=O)N(C)CCN2CCOCC2)C(C)C)cc1. The third-order valence-corrected chi connectivity index (χ3v) is 11.2. The fraction of sp³-hybridized carbons (Fsp3) is 0.636. The minimum atomic E-state index is -1.10. The highest BCUT2D eigenvalue weighted by Crippen LogP contribution is 2.21. The van der Waals surface area contributed by atoms with E-state index < -0.39 is 36.0 Å². The Morgan fingerprint density at radius 2 is 1.20 bits per heavy atom. The molecule has 17 nitrogen and oxygen atoms in total. The van der Waals surface area contributed by atoms with Crippen LogP contribution in [0, 0.1) is 11.8 Å². The third kappa shape index (κ3) is 16.4. The van der Waals surface area contributed by atoms with Gasteiger partial charge in [0, 0.05) is 79.5 Å². The number of urea groups is 2. The molecular formula is C44H71N9O8. The zero-order valence-corrected chi connectivity index (χ0v) is 37.3. The molecule has 5 N–H and O–H groups in total. The second-order valence-corrected chi connectivity index (χ2v) is 16.6. The number of nitrogens with one attached hydrogen (secondary N) is 4. The van der Waals surface area contributed by atoms with Crippen LogP contribution in [0.15, 0.2) is 54.6 Å². The van der Waals surface area contributed by atoms with Crippen LogP contribution in [0.2, 0.25) is 0 Å². The summed E-state index contributed by atoms with van der Waals surface area (Å²) in [5.41, 5.74) is 4.59. The fourth-order valence-electron chi connectivity index (χ4n) is 7.10. The third-order valence-electron chi connectivity index (χ3n) is 11.2. The predicted molar refractivity (Wildman–Crippen MR) is 234 cm³/mol. The Morgan fingerprint density at radius 3 is 1.67 bits per heavy atom. The Balaban J connectivity index is 1.45. The lowest BCUT2D eigenvalue weighted by atomic mass is 9.97. The average molecular weight is 854 g/mol. The van der Waals surface area contributed by atoms with Gasteiger partial charge in [0.05, 0.1) is 45.7 Å². The highest BCUT2D eigenvalue weighted by molar-refractivity contribution is 5.88. The monoisotopic (exact) mass is 854 g/mol. The number of hydrazine groups is 1. The van der Waals surface area contributed by atoms with Gasteiger partial charge in [-0.1, -0.05) is 70.2 Å². The molecule has 0 saturated carbocycles. The van der Waals surface area contributed by atoms with Gasteiger partial charge >= 0.3 is 12.1 Å². The summed E-state index contributed by atoms with van der Waals surface area (Å²) in [5.74, 6) is -0.620. The Labute approximate surface area is 362 Å². The Kier molecular flexibility index (Phi) is 20.5. The molecule has 0 bridgehead atoms. The van der Waals surface area contributed by atoms with E-state index in [4.69, 9.17) is 14.2 Å². The zero-order valence-electron chi connectivity index (χ0n) is 37.3. The van der Waals surface area contributed by atoms with E-state index in [0.717, 1.165) is 31.7 Å². The Morgan fingerprint density at radius 1 is 0.705 bits per heavy atom. The first-order valence-corrected chi connectivity index (χ1v) is 21.6. The minimum absolute atomic E-state index is 0.141. The van der Waals surface area contributed by atoms with Crippen LogP contribution in [0.3, 0.4) is 0 Å². The van der Waals surface area contributed by atoms with Crippen LogP contribution >= 0.6 is 0 Å². The summed E-state index contributed by atoms with van der Waals surface area (Å²) in [7, 11) is 5.02. The number of morpholine rings is 2. The molecule has 2 fully saturated rings. The first-order valence-electron chi connectivity index (χ1n) is 21.6. The van der Waals surface area contributed by atoms with Gasteiger partial charge in [-0.3, -0.25) is 24.8 Å². The number of likely N-dealkylation sites (N-methyl/N-ethyl adjacent to an activating group) is 2. The number of aliphatic hydroxyl groups is 1. The normalized spacial score (nSPS) is 17.0. The summed E-state index contributed by atoms with van der Waals surface area (Å²) in [5, 5.41) is 22.5. The van der Waals surface area contributed by atoms with Crippen molar-refractivity contribution in [2.45, 2.75) is 64.9 Å². The maximum atomic E-state index is 14.0. The van der Waals surface area contributed by atoms with Crippen LogP contribution in [0.4, 0.5) is 9.59 Å². The minimum Gasteiger partial charge on any atom is -0.497 e. The van der Waals surface area contributed by atoms with E-state index in [1.165, 1.54) is 0 Å². The van der Waals surface area contributed by atoms with Crippen LogP contribution in [-0.2, 0) is 25.6 Å². The van der Waals surface area contributed by atoms with Crippen molar-refractivity contribution in [1.29, 1.82) is 0 Å². The quantitative estimate of drug-likeness (QED) is 0.110. The summed E-state index contributed by atoms with van der Waals surface area (Å²) >= 11 is 0. The van der Waals surface area contributed by atoms with Gasteiger partial charge in [-0.25, -0.2) is 14.6 Å². The maximum absolute atomic E-state index is 14.0. The molecule has 0 radical (unpaired) electrons. The van der Waals surface area contributed by atoms with Gasteiger partial charge in [-0.05, 0) is 41.5 Å². The van der Waals surface area contributed by atoms with Gasteiger partial charge in [0.1, 0.15) is 17.8 Å². The largest absolute Gasteiger partial charge is 0.497 e. The van der Waals surface area contributed by atoms with Crippen molar-refractivity contribution in [3.63, 3.8) is 0 Å². The smallest absolute Gasteiger partial charge is 0.317 e. The van der Waals surface area contributed by atoms with Gasteiger partial charge < -0.3 is 45.1 Å². The molecule has 4 atom stereocenters. The standard InChI is InChI=1S/C44H71N9O8/c1-32(2)38(46-43(57)49(5)19-21-51-23-27-60-28-24-51)41(55)45-40(35-11-9-8-10-12-35)37(54)17-18-53(31-34-13-15-36(59-7)16-14-34)48-42(56)39(33(3)4)47-44(58)50(6)20-22-52-25-29-61-30-26-52/h8-16,32-33,37-40,54H,17-31H2,1-7H3,(H,45,55)(H,46,57)(H,47,58)(H,48,56). The molecular weight excluding hydrogens is 783 g/mol. The van der Waals surface area contributed by atoms with Gasteiger partial charge in [0.25, 0.3) is 5.91 Å². The molecule has 0 spiro atoms. The molecule has 2 aliphatic rings. The van der Waals surface area contributed by atoms with Gasteiger partial charge in [-0.2, -0.15) is 0 Å². The van der Waals surface area contributed by atoms with E-state index >= 15 is 0 Å². The van der Waals surface area contributed by atoms with Crippen molar-refractivity contribution in [2.24, 2.45) is 11.8 Å². The first-order chi connectivity index (χ1) is 29.2. The number of ether oxygens (including phenoxy) is 3. The highest BCUT2D eigenvalue weighted by Gasteiger charge is 2.32. The Hall–Kier alpha value is -4.52. The number of carbonyl (C=O) groups excluding carboxylic acids is 4.